The molecule has 1 saturated heterocycles. The Bertz CT molecular complexity index is 530. The van der Waals surface area contributed by atoms with Crippen LogP contribution >= 0.6 is 0 Å². The van der Waals surface area contributed by atoms with Crippen LogP contribution in [0.25, 0.3) is 0 Å². The Morgan fingerprint density at radius 2 is 2.05 bits per heavy atom. The first-order valence-corrected chi connectivity index (χ1v) is 6.85. The summed E-state index contributed by atoms with van der Waals surface area (Å²) < 4.78 is 18.6. The van der Waals surface area contributed by atoms with Crippen molar-refractivity contribution in [2.24, 2.45) is 5.92 Å². The maximum Gasteiger partial charge on any atom is 0.126 e. The molecular formula is C16H21FN2O. The van der Waals surface area contributed by atoms with Gasteiger partial charge in [-0.05, 0) is 26.8 Å². The maximum absolute atomic E-state index is 13.3. The van der Waals surface area contributed by atoms with Gasteiger partial charge in [-0.1, -0.05) is 6.07 Å². The van der Waals surface area contributed by atoms with E-state index in [0.717, 1.165) is 18.7 Å². The summed E-state index contributed by atoms with van der Waals surface area (Å²) in [4.78, 5) is 2.30. The van der Waals surface area contributed by atoms with Crippen LogP contribution < -0.4 is 4.74 Å². The average molecular weight is 276 g/mol. The SMILES string of the molecule is COc1cc(F)ccc1[C@H]1CN(C(C)(C)C)C[C@@H]1C#N. The minimum Gasteiger partial charge on any atom is -0.496 e. The molecule has 4 heteroatoms. The monoisotopic (exact) mass is 276 g/mol. The topological polar surface area (TPSA) is 36.3 Å². The number of nitriles is 1. The van der Waals surface area contributed by atoms with E-state index in [0.29, 0.717) is 5.75 Å². The molecule has 20 heavy (non-hydrogen) atoms. The van der Waals surface area contributed by atoms with Gasteiger partial charge < -0.3 is 4.74 Å². The van der Waals surface area contributed by atoms with Crippen LogP contribution in [0.15, 0.2) is 18.2 Å². The van der Waals surface area contributed by atoms with Gasteiger partial charge in [-0.25, -0.2) is 4.39 Å². The van der Waals surface area contributed by atoms with E-state index in [1.54, 1.807) is 6.07 Å². The summed E-state index contributed by atoms with van der Waals surface area (Å²) in [6.45, 7) is 7.97. The molecule has 1 aliphatic heterocycles. The van der Waals surface area contributed by atoms with E-state index in [4.69, 9.17) is 4.74 Å². The van der Waals surface area contributed by atoms with Crippen molar-refractivity contribution in [1.82, 2.24) is 4.90 Å². The second kappa shape index (κ2) is 5.41. The standard InChI is InChI=1S/C16H21FN2O/c1-16(2,3)19-9-11(8-18)14(10-19)13-6-5-12(17)7-15(13)20-4/h5-7,11,14H,9-10H2,1-4H3/t11-,14-/m0/s1. The Labute approximate surface area is 120 Å². The zero-order valence-electron chi connectivity index (χ0n) is 12.5. The molecule has 0 N–H and O–H groups in total. The van der Waals surface area contributed by atoms with Crippen molar-refractivity contribution in [2.75, 3.05) is 20.2 Å². The van der Waals surface area contributed by atoms with E-state index < -0.39 is 0 Å². The van der Waals surface area contributed by atoms with Crippen molar-refractivity contribution in [3.63, 3.8) is 0 Å². The van der Waals surface area contributed by atoms with Crippen LogP contribution in [0.5, 0.6) is 5.75 Å². The molecular weight excluding hydrogens is 255 g/mol. The van der Waals surface area contributed by atoms with Crippen LogP contribution in [0.1, 0.15) is 32.3 Å². The van der Waals surface area contributed by atoms with Crippen molar-refractivity contribution in [3.8, 4) is 11.8 Å². The maximum atomic E-state index is 13.3. The molecule has 0 bridgehead atoms. The number of methoxy groups -OCH3 is 1. The molecule has 0 radical (unpaired) electrons. The summed E-state index contributed by atoms with van der Waals surface area (Å²) >= 11 is 0. The van der Waals surface area contributed by atoms with Gasteiger partial charge in [0.25, 0.3) is 0 Å². The lowest BCUT2D eigenvalue weighted by molar-refractivity contribution is 0.170. The average Bonchev–Trinajstić information content (AvgIpc) is 2.82. The number of hydrogen-bond donors (Lipinski definition) is 0. The molecule has 0 aliphatic carbocycles. The highest BCUT2D eigenvalue weighted by Gasteiger charge is 2.39. The second-order valence-corrected chi connectivity index (χ2v) is 6.30. The van der Waals surface area contributed by atoms with E-state index in [2.05, 4.69) is 31.7 Å². The normalized spacial score (nSPS) is 23.6. The summed E-state index contributed by atoms with van der Waals surface area (Å²) in [5, 5.41) is 9.41. The van der Waals surface area contributed by atoms with Crippen molar-refractivity contribution in [2.45, 2.75) is 32.2 Å². The molecule has 1 aliphatic rings. The molecule has 0 aromatic heterocycles. The molecule has 1 heterocycles. The molecule has 3 nitrogen and oxygen atoms in total. The van der Waals surface area contributed by atoms with Gasteiger partial charge in [0.2, 0.25) is 0 Å². The highest BCUT2D eigenvalue weighted by Crippen LogP contribution is 2.39. The van der Waals surface area contributed by atoms with Crippen molar-refractivity contribution < 1.29 is 9.13 Å². The summed E-state index contributed by atoms with van der Waals surface area (Å²) in [6, 6.07) is 6.96. The number of halogens is 1. The molecule has 2 rings (SSSR count). The Hall–Kier alpha value is -1.60. The molecule has 2 atom stereocenters. The van der Waals surface area contributed by atoms with E-state index >= 15 is 0 Å². The number of likely N-dealkylation sites (tertiary alicyclic amines) is 1. The third kappa shape index (κ3) is 2.78. The van der Waals surface area contributed by atoms with Crippen LogP contribution in [0.3, 0.4) is 0 Å². The predicted octanol–water partition coefficient (Wildman–Crippen LogP) is 3.17. The van der Waals surface area contributed by atoms with Crippen molar-refractivity contribution >= 4 is 0 Å². The number of benzene rings is 1. The quantitative estimate of drug-likeness (QED) is 0.832. The van der Waals surface area contributed by atoms with Gasteiger partial charge in [0, 0.05) is 36.2 Å². The highest BCUT2D eigenvalue weighted by atomic mass is 19.1. The minimum absolute atomic E-state index is 0.0249. The first kappa shape index (κ1) is 14.8. The zero-order valence-corrected chi connectivity index (χ0v) is 12.5. The van der Waals surface area contributed by atoms with Gasteiger partial charge in [0.15, 0.2) is 0 Å². The number of ether oxygens (including phenoxy) is 1. The molecule has 0 amide bonds. The molecule has 1 fully saturated rings. The summed E-state index contributed by atoms with van der Waals surface area (Å²) in [5.41, 5.74) is 0.948. The Morgan fingerprint density at radius 3 is 2.60 bits per heavy atom. The third-order valence-corrected chi connectivity index (χ3v) is 4.03. The highest BCUT2D eigenvalue weighted by molar-refractivity contribution is 5.39. The number of hydrogen-bond acceptors (Lipinski definition) is 3. The summed E-state index contributed by atoms with van der Waals surface area (Å²) in [5.74, 6) is 0.194. The van der Waals surface area contributed by atoms with E-state index in [1.165, 1.54) is 19.2 Å². The lowest BCUT2D eigenvalue weighted by Gasteiger charge is -2.31. The van der Waals surface area contributed by atoms with Gasteiger partial charge in [-0.3, -0.25) is 4.90 Å². The van der Waals surface area contributed by atoms with Crippen LogP contribution in [-0.4, -0.2) is 30.6 Å². The lowest BCUT2D eigenvalue weighted by atomic mass is 9.89. The molecule has 108 valence electrons. The van der Waals surface area contributed by atoms with Gasteiger partial charge in [-0.2, -0.15) is 5.26 Å². The fraction of sp³-hybridized carbons (Fsp3) is 0.562. The molecule has 1 aromatic rings. The summed E-state index contributed by atoms with van der Waals surface area (Å²) in [6.07, 6.45) is 0. The Kier molecular flexibility index (Phi) is 4.01. The second-order valence-electron chi connectivity index (χ2n) is 6.30. The largest absolute Gasteiger partial charge is 0.496 e. The number of rotatable bonds is 2. The van der Waals surface area contributed by atoms with Crippen LogP contribution in [0, 0.1) is 23.1 Å². The van der Waals surface area contributed by atoms with Gasteiger partial charge in [0.05, 0.1) is 19.1 Å². The van der Waals surface area contributed by atoms with Crippen LogP contribution in [0.2, 0.25) is 0 Å². The molecule has 1 aromatic carbocycles. The van der Waals surface area contributed by atoms with Gasteiger partial charge >= 0.3 is 0 Å². The van der Waals surface area contributed by atoms with E-state index in [-0.39, 0.29) is 23.2 Å². The van der Waals surface area contributed by atoms with Gasteiger partial charge in [-0.15, -0.1) is 0 Å². The third-order valence-electron chi connectivity index (χ3n) is 4.03. The first-order valence-electron chi connectivity index (χ1n) is 6.85. The molecule has 0 spiro atoms. The smallest absolute Gasteiger partial charge is 0.126 e. The van der Waals surface area contributed by atoms with Gasteiger partial charge in [0.1, 0.15) is 11.6 Å². The van der Waals surface area contributed by atoms with E-state index in [9.17, 15) is 9.65 Å². The Morgan fingerprint density at radius 1 is 1.35 bits per heavy atom. The molecule has 0 saturated carbocycles. The first-order chi connectivity index (χ1) is 9.36. The fourth-order valence-electron chi connectivity index (χ4n) is 2.79. The Balaban J connectivity index is 2.35. The molecule has 0 unspecified atom stereocenters. The van der Waals surface area contributed by atoms with E-state index in [1.807, 2.05) is 0 Å². The van der Waals surface area contributed by atoms with Crippen LogP contribution in [0.4, 0.5) is 4.39 Å². The minimum atomic E-state index is -0.315. The predicted molar refractivity (Wildman–Crippen MR) is 76.1 cm³/mol. The summed E-state index contributed by atoms with van der Waals surface area (Å²) in [7, 11) is 1.54. The van der Waals surface area contributed by atoms with Crippen LogP contribution in [-0.2, 0) is 0 Å². The number of nitrogens with zero attached hydrogens (tertiary/aromatic N) is 2. The lowest BCUT2D eigenvalue weighted by Crippen LogP contribution is -2.39. The van der Waals surface area contributed by atoms with Crippen molar-refractivity contribution in [1.29, 1.82) is 5.26 Å². The zero-order chi connectivity index (χ0) is 14.9. The fourth-order valence-corrected chi connectivity index (χ4v) is 2.79. The van der Waals surface area contributed by atoms with Crippen molar-refractivity contribution in [3.05, 3.63) is 29.6 Å².